The number of allylic oxidation sites excluding steroid dienone is 4. The number of thiazole rings is 1. The topological polar surface area (TPSA) is 38.9 Å². The van der Waals surface area contributed by atoms with Gasteiger partial charge in [-0.1, -0.05) is 31.1 Å². The molecule has 0 amide bonds. The highest BCUT2D eigenvalue weighted by atomic mass is 32.1. The summed E-state index contributed by atoms with van der Waals surface area (Å²) in [5, 5.41) is 2.50. The molecule has 2 nitrogen and oxygen atoms in total. The SMILES string of the molecule is NC1CCCCC1c1nc2c(s1)=CC1=CC=CCC=21. The summed E-state index contributed by atoms with van der Waals surface area (Å²) in [6, 6.07) is 0.311. The molecule has 1 aromatic heterocycles. The van der Waals surface area contributed by atoms with Gasteiger partial charge in [0, 0.05) is 12.0 Å². The standard InChI is InChI=1S/C16H18N2S/c17-13-8-4-3-7-12(13)16-18-15-11-6-2-1-5-10(11)9-14(15)19-16/h1-2,5,9,12-13H,3-4,6-8,17H2. The molecule has 2 N–H and O–H groups in total. The lowest BCUT2D eigenvalue weighted by Crippen LogP contribution is -2.31. The van der Waals surface area contributed by atoms with Crippen molar-refractivity contribution in [2.75, 3.05) is 0 Å². The molecule has 0 bridgehead atoms. The predicted molar refractivity (Wildman–Crippen MR) is 80.3 cm³/mol. The Kier molecular flexibility index (Phi) is 2.71. The zero-order chi connectivity index (χ0) is 12.8. The average Bonchev–Trinajstić information content (AvgIpc) is 2.96. The van der Waals surface area contributed by atoms with Gasteiger partial charge in [0.25, 0.3) is 0 Å². The molecule has 1 aromatic rings. The molecule has 3 heteroatoms. The molecule has 3 aliphatic rings. The highest BCUT2D eigenvalue weighted by molar-refractivity contribution is 7.09. The van der Waals surface area contributed by atoms with Gasteiger partial charge >= 0.3 is 0 Å². The molecule has 1 saturated carbocycles. The summed E-state index contributed by atoms with van der Waals surface area (Å²) < 4.78 is 1.35. The van der Waals surface area contributed by atoms with Crippen LogP contribution in [0.3, 0.4) is 0 Å². The third-order valence-corrected chi connectivity index (χ3v) is 5.60. The first-order chi connectivity index (χ1) is 9.33. The first-order valence-electron chi connectivity index (χ1n) is 7.17. The Morgan fingerprint density at radius 2 is 2.16 bits per heavy atom. The Labute approximate surface area is 117 Å². The minimum atomic E-state index is 0.311. The maximum Gasteiger partial charge on any atom is 0.0985 e. The number of fused-ring (bicyclic) bond motifs is 2. The molecule has 2 unspecified atom stereocenters. The Balaban J connectivity index is 1.78. The van der Waals surface area contributed by atoms with Gasteiger partial charge in [-0.25, -0.2) is 4.98 Å². The number of aromatic nitrogens is 1. The van der Waals surface area contributed by atoms with Gasteiger partial charge in [-0.2, -0.15) is 0 Å². The summed E-state index contributed by atoms with van der Waals surface area (Å²) in [5.41, 5.74) is 9.05. The third kappa shape index (κ3) is 1.84. The van der Waals surface area contributed by atoms with Crippen LogP contribution in [0.5, 0.6) is 0 Å². The molecule has 19 heavy (non-hydrogen) atoms. The molecule has 2 atom stereocenters. The second-order valence-corrected chi connectivity index (χ2v) is 6.76. The van der Waals surface area contributed by atoms with Crippen molar-refractivity contribution in [1.82, 2.24) is 4.98 Å². The smallest absolute Gasteiger partial charge is 0.0985 e. The monoisotopic (exact) mass is 270 g/mol. The van der Waals surface area contributed by atoms with E-state index in [0.29, 0.717) is 12.0 Å². The van der Waals surface area contributed by atoms with Crippen molar-refractivity contribution in [3.8, 4) is 0 Å². The van der Waals surface area contributed by atoms with Crippen molar-refractivity contribution in [1.29, 1.82) is 0 Å². The van der Waals surface area contributed by atoms with Gasteiger partial charge in [-0.3, -0.25) is 0 Å². The minimum Gasteiger partial charge on any atom is -0.327 e. The van der Waals surface area contributed by atoms with Gasteiger partial charge in [-0.15, -0.1) is 11.3 Å². The fourth-order valence-corrected chi connectivity index (χ4v) is 4.63. The molecule has 0 saturated heterocycles. The summed E-state index contributed by atoms with van der Waals surface area (Å²) >= 11 is 1.86. The van der Waals surface area contributed by atoms with Crippen LogP contribution in [-0.2, 0) is 0 Å². The summed E-state index contributed by atoms with van der Waals surface area (Å²) in [4.78, 5) is 4.94. The van der Waals surface area contributed by atoms with Gasteiger partial charge in [0.2, 0.25) is 0 Å². The van der Waals surface area contributed by atoms with Gasteiger partial charge < -0.3 is 5.73 Å². The van der Waals surface area contributed by atoms with Crippen molar-refractivity contribution in [2.45, 2.75) is 44.1 Å². The summed E-state index contributed by atoms with van der Waals surface area (Å²) in [7, 11) is 0. The second-order valence-electron chi connectivity index (χ2n) is 5.70. The lowest BCUT2D eigenvalue weighted by molar-refractivity contribution is 0.384. The van der Waals surface area contributed by atoms with E-state index in [-0.39, 0.29) is 0 Å². The molecule has 0 aliphatic heterocycles. The van der Waals surface area contributed by atoms with Crippen LogP contribution in [0.25, 0.3) is 11.6 Å². The number of nitrogens with zero attached hydrogens (tertiary/aromatic N) is 1. The summed E-state index contributed by atoms with van der Waals surface area (Å²) in [6.07, 6.45) is 14.8. The van der Waals surface area contributed by atoms with Crippen LogP contribution in [0.15, 0.2) is 23.8 Å². The number of nitrogens with two attached hydrogens (primary N) is 1. The molecule has 1 fully saturated rings. The summed E-state index contributed by atoms with van der Waals surface area (Å²) in [5.74, 6) is 0.491. The van der Waals surface area contributed by atoms with E-state index < -0.39 is 0 Å². The van der Waals surface area contributed by atoms with Gasteiger partial charge in [0.05, 0.1) is 14.9 Å². The molecule has 4 rings (SSSR count). The highest BCUT2D eigenvalue weighted by Crippen LogP contribution is 2.32. The number of hydrogen-bond acceptors (Lipinski definition) is 3. The van der Waals surface area contributed by atoms with E-state index in [2.05, 4.69) is 24.3 Å². The Morgan fingerprint density at radius 1 is 1.26 bits per heavy atom. The van der Waals surface area contributed by atoms with E-state index in [4.69, 9.17) is 10.7 Å². The van der Waals surface area contributed by atoms with E-state index in [1.54, 1.807) is 0 Å². The normalized spacial score (nSPS) is 28.7. The first kappa shape index (κ1) is 11.6. The zero-order valence-electron chi connectivity index (χ0n) is 10.9. The molecular weight excluding hydrogens is 252 g/mol. The van der Waals surface area contributed by atoms with Crippen LogP contribution in [0.1, 0.15) is 43.0 Å². The van der Waals surface area contributed by atoms with E-state index in [1.165, 1.54) is 45.3 Å². The molecule has 1 heterocycles. The quantitative estimate of drug-likeness (QED) is 0.847. The van der Waals surface area contributed by atoms with E-state index >= 15 is 0 Å². The van der Waals surface area contributed by atoms with E-state index in [0.717, 1.165) is 12.8 Å². The summed E-state index contributed by atoms with van der Waals surface area (Å²) in [6.45, 7) is 0. The van der Waals surface area contributed by atoms with Gasteiger partial charge in [0.1, 0.15) is 0 Å². The van der Waals surface area contributed by atoms with Crippen LogP contribution >= 0.6 is 11.3 Å². The fraction of sp³-hybridized carbons (Fsp3) is 0.438. The Bertz CT molecular complexity index is 693. The van der Waals surface area contributed by atoms with Crippen molar-refractivity contribution >= 4 is 23.0 Å². The first-order valence-corrected chi connectivity index (χ1v) is 7.99. The van der Waals surface area contributed by atoms with Crippen molar-refractivity contribution in [2.24, 2.45) is 5.73 Å². The van der Waals surface area contributed by atoms with Crippen molar-refractivity contribution < 1.29 is 0 Å². The van der Waals surface area contributed by atoms with Gasteiger partial charge in [-0.05, 0) is 36.5 Å². The fourth-order valence-electron chi connectivity index (χ4n) is 3.37. The number of hydrogen-bond donors (Lipinski definition) is 1. The second kappa shape index (κ2) is 4.43. The average molecular weight is 270 g/mol. The molecular formula is C16H18N2S. The van der Waals surface area contributed by atoms with Crippen molar-refractivity contribution in [3.63, 3.8) is 0 Å². The highest BCUT2D eigenvalue weighted by Gasteiger charge is 2.27. The van der Waals surface area contributed by atoms with Crippen LogP contribution in [0, 0.1) is 0 Å². The van der Waals surface area contributed by atoms with Crippen LogP contribution in [0.4, 0.5) is 0 Å². The van der Waals surface area contributed by atoms with E-state index in [9.17, 15) is 0 Å². The molecule has 98 valence electrons. The maximum atomic E-state index is 6.29. The van der Waals surface area contributed by atoms with E-state index in [1.807, 2.05) is 11.3 Å². The van der Waals surface area contributed by atoms with Gasteiger partial charge in [0.15, 0.2) is 0 Å². The van der Waals surface area contributed by atoms with Crippen LogP contribution < -0.4 is 15.6 Å². The largest absolute Gasteiger partial charge is 0.327 e. The van der Waals surface area contributed by atoms with Crippen LogP contribution in [0.2, 0.25) is 0 Å². The maximum absolute atomic E-state index is 6.29. The number of rotatable bonds is 1. The minimum absolute atomic E-state index is 0.311. The predicted octanol–water partition coefficient (Wildman–Crippen LogP) is 1.96. The van der Waals surface area contributed by atoms with Crippen LogP contribution in [-0.4, -0.2) is 11.0 Å². The molecule has 0 spiro atoms. The Morgan fingerprint density at radius 3 is 3.05 bits per heavy atom. The zero-order valence-corrected chi connectivity index (χ0v) is 11.7. The molecule has 0 aromatic carbocycles. The lowest BCUT2D eigenvalue weighted by atomic mass is 9.85. The molecule has 0 radical (unpaired) electrons. The molecule has 3 aliphatic carbocycles. The Hall–Kier alpha value is -1.19. The lowest BCUT2D eigenvalue weighted by Gasteiger charge is -2.26. The third-order valence-electron chi connectivity index (χ3n) is 4.46. The van der Waals surface area contributed by atoms with Crippen molar-refractivity contribution in [3.05, 3.63) is 38.7 Å².